The van der Waals surface area contributed by atoms with Crippen LogP contribution >= 0.6 is 0 Å². The molecule has 9 heteroatoms. The van der Waals surface area contributed by atoms with E-state index in [0.717, 1.165) is 12.1 Å². The van der Waals surface area contributed by atoms with Crippen LogP contribution in [-0.2, 0) is 12.7 Å². The van der Waals surface area contributed by atoms with Gasteiger partial charge in [-0.3, -0.25) is 4.79 Å². The van der Waals surface area contributed by atoms with E-state index in [4.69, 9.17) is 0 Å². The van der Waals surface area contributed by atoms with Crippen molar-refractivity contribution in [3.63, 3.8) is 0 Å². The number of pyridine rings is 1. The minimum atomic E-state index is -4.53. The summed E-state index contributed by atoms with van der Waals surface area (Å²) in [5.41, 5.74) is 1.05. The molecule has 1 aromatic heterocycles. The number of nitrogens with zero attached hydrogens (tertiary/aromatic N) is 1. The molecular formula is C23H24F4N4O. The Morgan fingerprint density at radius 2 is 1.69 bits per heavy atom. The third kappa shape index (κ3) is 4.92. The first-order valence-corrected chi connectivity index (χ1v) is 10.2. The van der Waals surface area contributed by atoms with Gasteiger partial charge < -0.3 is 16.0 Å². The maximum Gasteiger partial charge on any atom is 0.416 e. The lowest BCUT2D eigenvalue weighted by atomic mass is 9.99. The first-order valence-electron chi connectivity index (χ1n) is 10.2. The summed E-state index contributed by atoms with van der Waals surface area (Å²) in [6, 6.07) is 7.75. The number of amides is 1. The molecule has 3 N–H and O–H groups in total. The van der Waals surface area contributed by atoms with Crippen LogP contribution in [0, 0.1) is 12.7 Å². The smallest absolute Gasteiger partial charge is 0.385 e. The van der Waals surface area contributed by atoms with E-state index >= 15 is 0 Å². The second-order valence-corrected chi connectivity index (χ2v) is 7.25. The van der Waals surface area contributed by atoms with Gasteiger partial charge in [-0.25, -0.2) is 9.37 Å². The van der Waals surface area contributed by atoms with Crippen LogP contribution < -0.4 is 16.0 Å². The summed E-state index contributed by atoms with van der Waals surface area (Å²) in [5, 5.41) is 9.18. The Morgan fingerprint density at radius 3 is 2.28 bits per heavy atom. The fraction of sp³-hybridized carbons (Fsp3) is 0.304. The number of halogens is 4. The summed E-state index contributed by atoms with van der Waals surface area (Å²) in [6.07, 6.45) is -4.53. The molecule has 3 aromatic rings. The SMILES string of the molecule is CCNc1nc2cc(C(F)(F)F)cc(NCC)c2c(C)c1C(=O)NCc1ccc(F)cc1. The highest BCUT2D eigenvalue weighted by molar-refractivity contribution is 6.07. The lowest BCUT2D eigenvalue weighted by molar-refractivity contribution is -0.137. The third-order valence-corrected chi connectivity index (χ3v) is 4.97. The lowest BCUT2D eigenvalue weighted by Crippen LogP contribution is -2.25. The van der Waals surface area contributed by atoms with Gasteiger partial charge in [-0.1, -0.05) is 12.1 Å². The second kappa shape index (κ2) is 9.42. The highest BCUT2D eigenvalue weighted by Gasteiger charge is 2.32. The van der Waals surface area contributed by atoms with Gasteiger partial charge in [0.2, 0.25) is 0 Å². The largest absolute Gasteiger partial charge is 0.416 e. The number of fused-ring (bicyclic) bond motifs is 1. The van der Waals surface area contributed by atoms with Gasteiger partial charge in [0.1, 0.15) is 11.6 Å². The fourth-order valence-electron chi connectivity index (χ4n) is 3.53. The summed E-state index contributed by atoms with van der Waals surface area (Å²) in [5.74, 6) is -0.603. The van der Waals surface area contributed by atoms with E-state index < -0.39 is 17.6 Å². The number of benzene rings is 2. The van der Waals surface area contributed by atoms with Crippen molar-refractivity contribution in [2.45, 2.75) is 33.5 Å². The molecule has 0 bridgehead atoms. The van der Waals surface area contributed by atoms with Crippen molar-refractivity contribution < 1.29 is 22.4 Å². The number of nitrogens with one attached hydrogen (secondary N) is 3. The lowest BCUT2D eigenvalue weighted by Gasteiger charge is -2.19. The van der Waals surface area contributed by atoms with E-state index in [9.17, 15) is 22.4 Å². The zero-order chi connectivity index (χ0) is 23.5. The number of aromatic nitrogens is 1. The normalized spacial score (nSPS) is 11.5. The van der Waals surface area contributed by atoms with Crippen molar-refractivity contribution in [2.75, 3.05) is 23.7 Å². The Bertz CT molecular complexity index is 1130. The molecule has 170 valence electrons. The molecule has 0 spiro atoms. The molecule has 2 aromatic carbocycles. The Labute approximate surface area is 183 Å². The Kier molecular flexibility index (Phi) is 6.86. The molecule has 3 rings (SSSR count). The van der Waals surface area contributed by atoms with E-state index in [1.807, 2.05) is 0 Å². The highest BCUT2D eigenvalue weighted by atomic mass is 19.4. The number of carbonyl (C=O) groups excluding carboxylic acids is 1. The van der Waals surface area contributed by atoms with Crippen LogP contribution in [0.1, 0.15) is 40.9 Å². The number of aryl methyl sites for hydroxylation is 1. The minimum absolute atomic E-state index is 0.138. The van der Waals surface area contributed by atoms with Crippen LogP contribution in [0.5, 0.6) is 0 Å². The minimum Gasteiger partial charge on any atom is -0.385 e. The fourth-order valence-corrected chi connectivity index (χ4v) is 3.53. The van der Waals surface area contributed by atoms with Crippen LogP contribution in [0.15, 0.2) is 36.4 Å². The summed E-state index contributed by atoms with van der Waals surface area (Å²) in [6.45, 7) is 6.25. The molecule has 0 aliphatic carbocycles. The monoisotopic (exact) mass is 448 g/mol. The van der Waals surface area contributed by atoms with Crippen molar-refractivity contribution in [2.24, 2.45) is 0 Å². The van der Waals surface area contributed by atoms with Crippen molar-refractivity contribution in [3.05, 3.63) is 64.5 Å². The molecule has 0 unspecified atom stereocenters. The van der Waals surface area contributed by atoms with Crippen LogP contribution in [0.4, 0.5) is 29.1 Å². The zero-order valence-corrected chi connectivity index (χ0v) is 18.0. The molecule has 0 atom stereocenters. The molecule has 0 saturated heterocycles. The number of hydrogen-bond donors (Lipinski definition) is 3. The van der Waals surface area contributed by atoms with Crippen molar-refractivity contribution in [3.8, 4) is 0 Å². The molecule has 0 saturated carbocycles. The van der Waals surface area contributed by atoms with Crippen LogP contribution in [0.3, 0.4) is 0 Å². The number of rotatable bonds is 7. The van der Waals surface area contributed by atoms with Gasteiger partial charge in [0.25, 0.3) is 5.91 Å². The van der Waals surface area contributed by atoms with Gasteiger partial charge in [-0.2, -0.15) is 13.2 Å². The molecule has 1 heterocycles. The summed E-state index contributed by atoms with van der Waals surface area (Å²) in [4.78, 5) is 17.4. The van der Waals surface area contributed by atoms with Crippen LogP contribution in [-0.4, -0.2) is 24.0 Å². The average Bonchev–Trinajstić information content (AvgIpc) is 2.72. The standard InChI is InChI=1S/C23H24F4N4O/c1-4-28-17-10-15(23(25,26)27)11-18-19(17)13(3)20(21(31-18)29-5-2)22(32)30-12-14-6-8-16(24)9-7-14/h6-11,28H,4-5,12H2,1-3H3,(H,29,31)(H,30,32). The number of anilines is 2. The van der Waals surface area contributed by atoms with Gasteiger partial charge >= 0.3 is 6.18 Å². The predicted octanol–water partition coefficient (Wildman–Crippen LogP) is 5.49. The average molecular weight is 448 g/mol. The van der Waals surface area contributed by atoms with Gasteiger partial charge in [-0.05, 0) is 56.2 Å². The Balaban J connectivity index is 2.10. The summed E-state index contributed by atoms with van der Waals surface area (Å²) < 4.78 is 53.4. The highest BCUT2D eigenvalue weighted by Crippen LogP contribution is 2.38. The summed E-state index contributed by atoms with van der Waals surface area (Å²) in [7, 11) is 0. The number of alkyl halides is 3. The maximum absolute atomic E-state index is 13.4. The summed E-state index contributed by atoms with van der Waals surface area (Å²) >= 11 is 0. The van der Waals surface area contributed by atoms with Gasteiger partial charge in [-0.15, -0.1) is 0 Å². The zero-order valence-electron chi connectivity index (χ0n) is 18.0. The molecule has 0 aliphatic rings. The molecule has 1 amide bonds. The molecular weight excluding hydrogens is 424 g/mol. The Morgan fingerprint density at radius 1 is 1.03 bits per heavy atom. The first-order chi connectivity index (χ1) is 15.2. The van der Waals surface area contributed by atoms with E-state index in [2.05, 4.69) is 20.9 Å². The number of carbonyl (C=O) groups is 1. The van der Waals surface area contributed by atoms with E-state index in [1.54, 1.807) is 32.9 Å². The van der Waals surface area contributed by atoms with E-state index in [-0.39, 0.29) is 34.9 Å². The van der Waals surface area contributed by atoms with Gasteiger partial charge in [0, 0.05) is 30.7 Å². The van der Waals surface area contributed by atoms with Crippen molar-refractivity contribution in [1.29, 1.82) is 0 Å². The molecule has 0 fully saturated rings. The predicted molar refractivity (Wildman–Crippen MR) is 117 cm³/mol. The molecule has 32 heavy (non-hydrogen) atoms. The van der Waals surface area contributed by atoms with E-state index in [1.165, 1.54) is 12.1 Å². The maximum atomic E-state index is 13.4. The van der Waals surface area contributed by atoms with Crippen molar-refractivity contribution >= 4 is 28.3 Å². The van der Waals surface area contributed by atoms with Gasteiger partial charge in [0.15, 0.2) is 0 Å². The Hall–Kier alpha value is -3.36. The number of hydrogen-bond acceptors (Lipinski definition) is 4. The molecule has 0 aliphatic heterocycles. The molecule has 0 radical (unpaired) electrons. The first kappa shape index (κ1) is 23.3. The van der Waals surface area contributed by atoms with Crippen molar-refractivity contribution in [1.82, 2.24) is 10.3 Å². The third-order valence-electron chi connectivity index (χ3n) is 4.97. The second-order valence-electron chi connectivity index (χ2n) is 7.25. The van der Waals surface area contributed by atoms with Gasteiger partial charge in [0.05, 0.1) is 16.6 Å². The van der Waals surface area contributed by atoms with Crippen LogP contribution in [0.2, 0.25) is 0 Å². The van der Waals surface area contributed by atoms with E-state index in [0.29, 0.717) is 29.6 Å². The van der Waals surface area contributed by atoms with Crippen LogP contribution in [0.25, 0.3) is 10.9 Å². The topological polar surface area (TPSA) is 66.0 Å². The molecule has 5 nitrogen and oxygen atoms in total. The quantitative estimate of drug-likeness (QED) is 0.418.